The van der Waals surface area contributed by atoms with Crippen LogP contribution in [0.1, 0.15) is 5.56 Å². The minimum absolute atomic E-state index is 0.00914. The second-order valence-electron chi connectivity index (χ2n) is 5.04. The van der Waals surface area contributed by atoms with E-state index in [9.17, 15) is 19.5 Å². The maximum absolute atomic E-state index is 12.8. The number of amides is 2. The molecule has 3 rings (SSSR count). The number of aliphatic imine (C=N–C) groups is 1. The summed E-state index contributed by atoms with van der Waals surface area (Å²) in [6.45, 7) is -0.365. The van der Waals surface area contributed by atoms with Crippen LogP contribution in [0.2, 0.25) is 0 Å². The van der Waals surface area contributed by atoms with Crippen LogP contribution in [0.3, 0.4) is 0 Å². The number of carbonyl (C=O) groups is 3. The molecule has 2 aliphatic rings. The smallest absolute Gasteiger partial charge is 0.325 e. The maximum atomic E-state index is 12.8. The highest BCUT2D eigenvalue weighted by Gasteiger charge is 2.59. The molecule has 2 amide bonds. The first-order chi connectivity index (χ1) is 10.9. The molecule has 0 bridgehead atoms. The molecule has 1 aromatic carbocycles. The molecule has 9 heteroatoms. The summed E-state index contributed by atoms with van der Waals surface area (Å²) in [6, 6.07) is 6.42. The molecule has 2 heterocycles. The molecule has 0 saturated carbocycles. The zero-order chi connectivity index (χ0) is 16.8. The van der Waals surface area contributed by atoms with Crippen LogP contribution in [-0.2, 0) is 24.7 Å². The van der Waals surface area contributed by atoms with Gasteiger partial charge in [0, 0.05) is 5.56 Å². The van der Waals surface area contributed by atoms with E-state index < -0.39 is 28.6 Å². The number of anilines is 1. The minimum atomic E-state index is -2.13. The van der Waals surface area contributed by atoms with E-state index in [4.69, 9.17) is 5.73 Å². The zero-order valence-corrected chi connectivity index (χ0v) is 12.9. The van der Waals surface area contributed by atoms with Crippen molar-refractivity contribution in [2.75, 3.05) is 18.6 Å². The van der Waals surface area contributed by atoms with Crippen molar-refractivity contribution in [1.29, 1.82) is 0 Å². The van der Waals surface area contributed by atoms with E-state index in [1.807, 2.05) is 0 Å². The van der Waals surface area contributed by atoms with Gasteiger partial charge in [0.2, 0.25) is 0 Å². The number of nitrogens with zero attached hydrogens (tertiary/aromatic N) is 2. The van der Waals surface area contributed by atoms with Crippen LogP contribution in [-0.4, -0.2) is 47.0 Å². The molecule has 3 N–H and O–H groups in total. The van der Waals surface area contributed by atoms with Gasteiger partial charge in [0.1, 0.15) is 11.8 Å². The predicted octanol–water partition coefficient (Wildman–Crippen LogP) is -0.649. The second kappa shape index (κ2) is 5.36. The van der Waals surface area contributed by atoms with Gasteiger partial charge in [-0.05, 0) is 6.07 Å². The molecule has 8 nitrogen and oxygen atoms in total. The average molecular weight is 335 g/mol. The Kier molecular flexibility index (Phi) is 3.61. The normalized spacial score (nSPS) is 26.3. The van der Waals surface area contributed by atoms with Crippen molar-refractivity contribution in [3.05, 3.63) is 29.8 Å². The highest BCUT2D eigenvalue weighted by atomic mass is 32.2. The van der Waals surface area contributed by atoms with E-state index in [1.165, 1.54) is 13.2 Å². The van der Waals surface area contributed by atoms with Crippen LogP contribution in [0, 0.1) is 0 Å². The summed E-state index contributed by atoms with van der Waals surface area (Å²) in [5.41, 5.74) is 3.99. The van der Waals surface area contributed by atoms with Crippen molar-refractivity contribution >= 4 is 40.4 Å². The Bertz CT molecular complexity index is 750. The summed E-state index contributed by atoms with van der Waals surface area (Å²) in [5, 5.41) is 9.85. The number of methoxy groups -OCH3 is 1. The van der Waals surface area contributed by atoms with Crippen molar-refractivity contribution in [3.63, 3.8) is 0 Å². The third kappa shape index (κ3) is 2.20. The Balaban J connectivity index is 2.07. The summed E-state index contributed by atoms with van der Waals surface area (Å²) in [6.07, 6.45) is 0. The predicted molar refractivity (Wildman–Crippen MR) is 82.7 cm³/mol. The number of amidine groups is 1. The van der Waals surface area contributed by atoms with Gasteiger partial charge in [-0.25, -0.2) is 0 Å². The molecule has 120 valence electrons. The van der Waals surface area contributed by atoms with E-state index in [-0.39, 0.29) is 17.3 Å². The summed E-state index contributed by atoms with van der Waals surface area (Å²) in [4.78, 5) is 41.0. The number of para-hydroxylation sites is 1. The highest BCUT2D eigenvalue weighted by molar-refractivity contribution is 8.15. The van der Waals surface area contributed by atoms with Crippen molar-refractivity contribution in [1.82, 2.24) is 0 Å². The van der Waals surface area contributed by atoms with Crippen molar-refractivity contribution in [2.24, 2.45) is 10.7 Å². The third-order valence-corrected chi connectivity index (χ3v) is 4.87. The molecule has 23 heavy (non-hydrogen) atoms. The number of nitrogens with two attached hydrogens (primary N) is 1. The van der Waals surface area contributed by atoms with E-state index >= 15 is 0 Å². The number of fused-ring (bicyclic) bond motifs is 1. The lowest BCUT2D eigenvalue weighted by Gasteiger charge is -2.26. The Hall–Kier alpha value is -2.39. The fourth-order valence-electron chi connectivity index (χ4n) is 2.69. The summed E-state index contributed by atoms with van der Waals surface area (Å²) < 4.78 is 4.58. The monoisotopic (exact) mass is 335 g/mol. The number of carbonyl (C=O) groups excluding carboxylic acids is 3. The fourth-order valence-corrected chi connectivity index (χ4v) is 3.63. The maximum Gasteiger partial charge on any atom is 0.325 e. The Labute approximate surface area is 135 Å². The topological polar surface area (TPSA) is 122 Å². The van der Waals surface area contributed by atoms with Gasteiger partial charge < -0.3 is 15.6 Å². The van der Waals surface area contributed by atoms with Crippen molar-refractivity contribution in [2.45, 2.75) is 10.9 Å². The SMILES string of the molecule is COC(=O)CN1C(=O)C(O)(C2SC(N)=NC2=O)c2ccccc21. The zero-order valence-electron chi connectivity index (χ0n) is 12.1. The number of hydrogen-bond donors (Lipinski definition) is 2. The summed E-state index contributed by atoms with van der Waals surface area (Å²) in [5.74, 6) is -2.10. The lowest BCUT2D eigenvalue weighted by molar-refractivity contribution is -0.143. The number of thioether (sulfide) groups is 1. The lowest BCUT2D eigenvalue weighted by Crippen LogP contribution is -2.50. The fraction of sp³-hybridized carbons (Fsp3) is 0.286. The molecule has 2 atom stereocenters. The largest absolute Gasteiger partial charge is 0.468 e. The first-order valence-corrected chi connectivity index (χ1v) is 7.53. The average Bonchev–Trinajstić information content (AvgIpc) is 2.98. The van der Waals surface area contributed by atoms with Crippen molar-refractivity contribution < 1.29 is 24.2 Å². The first kappa shape index (κ1) is 15.5. The molecule has 0 saturated heterocycles. The van der Waals surface area contributed by atoms with Gasteiger partial charge in [-0.1, -0.05) is 30.0 Å². The Morgan fingerprint density at radius 3 is 2.78 bits per heavy atom. The quantitative estimate of drug-likeness (QED) is 0.704. The van der Waals surface area contributed by atoms with Gasteiger partial charge in [0.05, 0.1) is 12.8 Å². The second-order valence-corrected chi connectivity index (χ2v) is 6.16. The van der Waals surface area contributed by atoms with Gasteiger partial charge in [0.15, 0.2) is 10.8 Å². The van der Waals surface area contributed by atoms with E-state index in [0.717, 1.165) is 16.7 Å². The lowest BCUT2D eigenvalue weighted by atomic mass is 9.91. The van der Waals surface area contributed by atoms with E-state index in [2.05, 4.69) is 9.73 Å². The summed E-state index contributed by atoms with van der Waals surface area (Å²) in [7, 11) is 1.20. The molecule has 0 fully saturated rings. The van der Waals surface area contributed by atoms with Crippen LogP contribution < -0.4 is 10.6 Å². The number of ether oxygens (including phenoxy) is 1. The number of benzene rings is 1. The van der Waals surface area contributed by atoms with Crippen molar-refractivity contribution in [3.8, 4) is 0 Å². The molecule has 2 aliphatic heterocycles. The van der Waals surface area contributed by atoms with Crippen LogP contribution in [0.25, 0.3) is 0 Å². The number of hydrogen-bond acceptors (Lipinski definition) is 7. The first-order valence-electron chi connectivity index (χ1n) is 6.65. The minimum Gasteiger partial charge on any atom is -0.468 e. The highest BCUT2D eigenvalue weighted by Crippen LogP contribution is 2.47. The Morgan fingerprint density at radius 1 is 1.48 bits per heavy atom. The molecule has 0 aromatic heterocycles. The molecule has 0 spiro atoms. The van der Waals surface area contributed by atoms with Gasteiger partial charge in [0.25, 0.3) is 11.8 Å². The number of aliphatic hydroxyl groups is 1. The van der Waals surface area contributed by atoms with Crippen LogP contribution in [0.15, 0.2) is 29.3 Å². The standard InChI is InChI=1S/C14H13N3O5S/c1-22-9(18)6-17-8-5-3-2-4-7(8)14(21,12(17)20)10-11(19)16-13(15)23-10/h2-5,10,21H,6H2,1H3,(H2,15,16,19). The van der Waals surface area contributed by atoms with E-state index in [0.29, 0.717) is 5.69 Å². The molecule has 0 radical (unpaired) electrons. The van der Waals surface area contributed by atoms with Gasteiger partial charge in [-0.3, -0.25) is 19.3 Å². The molecular formula is C14H13N3O5S. The van der Waals surface area contributed by atoms with Gasteiger partial charge >= 0.3 is 5.97 Å². The van der Waals surface area contributed by atoms with Crippen LogP contribution >= 0.6 is 11.8 Å². The molecule has 2 unspecified atom stereocenters. The van der Waals surface area contributed by atoms with E-state index in [1.54, 1.807) is 18.2 Å². The van der Waals surface area contributed by atoms with Gasteiger partial charge in [-0.2, -0.15) is 4.99 Å². The third-order valence-electron chi connectivity index (χ3n) is 3.75. The van der Waals surface area contributed by atoms with Gasteiger partial charge in [-0.15, -0.1) is 0 Å². The van der Waals surface area contributed by atoms with Crippen LogP contribution in [0.4, 0.5) is 5.69 Å². The number of rotatable bonds is 3. The van der Waals surface area contributed by atoms with Crippen LogP contribution in [0.5, 0.6) is 0 Å². The number of esters is 1. The molecule has 1 aromatic rings. The summed E-state index contributed by atoms with van der Waals surface area (Å²) >= 11 is 0.828. The Morgan fingerprint density at radius 2 is 2.17 bits per heavy atom. The molecular weight excluding hydrogens is 322 g/mol. The molecule has 0 aliphatic carbocycles.